The van der Waals surface area contributed by atoms with Crippen molar-refractivity contribution in [3.8, 4) is 0 Å². The Bertz CT molecular complexity index is 515. The van der Waals surface area contributed by atoms with Crippen LogP contribution in [0.2, 0.25) is 0 Å². The van der Waals surface area contributed by atoms with Crippen molar-refractivity contribution in [2.75, 3.05) is 4.43 Å². The van der Waals surface area contributed by atoms with Crippen molar-refractivity contribution >= 4 is 22.6 Å². The first kappa shape index (κ1) is 14.5. The quantitative estimate of drug-likeness (QED) is 0.527. The van der Waals surface area contributed by atoms with Gasteiger partial charge in [0.2, 0.25) is 0 Å². The largest absolute Gasteiger partial charge is 0.365 e. The molecule has 2 rings (SSSR count). The van der Waals surface area contributed by atoms with Crippen LogP contribution in [0.1, 0.15) is 30.3 Å². The van der Waals surface area contributed by atoms with Gasteiger partial charge in [-0.15, -0.1) is 0 Å². The van der Waals surface area contributed by atoms with E-state index in [9.17, 15) is 4.39 Å². The normalized spacial score (nSPS) is 14.1. The number of rotatable bonds is 5. The minimum absolute atomic E-state index is 0.0550. The van der Waals surface area contributed by atoms with E-state index in [-0.39, 0.29) is 18.0 Å². The van der Waals surface area contributed by atoms with Crippen molar-refractivity contribution in [1.82, 2.24) is 0 Å². The van der Waals surface area contributed by atoms with Gasteiger partial charge in [0.15, 0.2) is 0 Å². The molecule has 0 aliphatic heterocycles. The molecule has 2 aromatic carbocycles. The van der Waals surface area contributed by atoms with Crippen molar-refractivity contribution in [3.63, 3.8) is 0 Å². The number of ether oxygens (including phenoxy) is 1. The third-order valence-electron chi connectivity index (χ3n) is 3.03. The molecule has 0 aliphatic rings. The first-order valence-electron chi connectivity index (χ1n) is 6.23. The first-order valence-corrected chi connectivity index (χ1v) is 7.75. The summed E-state index contributed by atoms with van der Waals surface area (Å²) in [6.07, 6.45) is -0.280. The fourth-order valence-corrected chi connectivity index (χ4v) is 2.66. The van der Waals surface area contributed by atoms with E-state index in [2.05, 4.69) is 22.6 Å². The van der Waals surface area contributed by atoms with E-state index < -0.39 is 0 Å². The van der Waals surface area contributed by atoms with Crippen molar-refractivity contribution in [2.45, 2.75) is 19.1 Å². The highest BCUT2D eigenvalue weighted by atomic mass is 127. The fourth-order valence-electron chi connectivity index (χ4n) is 1.98. The summed E-state index contributed by atoms with van der Waals surface area (Å²) in [4.78, 5) is 0. The Morgan fingerprint density at radius 3 is 2.32 bits per heavy atom. The van der Waals surface area contributed by atoms with Gasteiger partial charge in [-0.05, 0) is 18.6 Å². The standard InChI is InChI=1S/C16H16FIO/c1-12(13-7-3-2-4-8-13)19-16(11-18)14-9-5-6-10-15(14)17/h2-10,12,16H,11H2,1H3. The zero-order chi connectivity index (χ0) is 13.7. The van der Waals surface area contributed by atoms with Crippen LogP contribution in [0, 0.1) is 5.82 Å². The topological polar surface area (TPSA) is 9.23 Å². The van der Waals surface area contributed by atoms with Crippen LogP contribution in [0.3, 0.4) is 0 Å². The molecule has 100 valence electrons. The smallest absolute Gasteiger partial charge is 0.129 e. The lowest BCUT2D eigenvalue weighted by Gasteiger charge is -2.22. The first-order chi connectivity index (χ1) is 9.22. The minimum atomic E-state index is -0.225. The van der Waals surface area contributed by atoms with Gasteiger partial charge in [0.05, 0.1) is 12.2 Å². The Kier molecular flexibility index (Phi) is 5.34. The van der Waals surface area contributed by atoms with E-state index in [0.717, 1.165) is 9.99 Å². The SMILES string of the molecule is CC(OC(CI)c1ccccc1F)c1ccccc1. The van der Waals surface area contributed by atoms with Gasteiger partial charge in [-0.1, -0.05) is 71.1 Å². The predicted octanol–water partition coefficient (Wildman–Crippen LogP) is 5.08. The van der Waals surface area contributed by atoms with Crippen LogP contribution in [0.4, 0.5) is 4.39 Å². The molecule has 3 heteroatoms. The maximum atomic E-state index is 13.8. The second-order valence-electron chi connectivity index (χ2n) is 4.35. The highest BCUT2D eigenvalue weighted by Gasteiger charge is 2.18. The Hall–Kier alpha value is -0.940. The molecule has 0 N–H and O–H groups in total. The minimum Gasteiger partial charge on any atom is -0.365 e. The number of alkyl halides is 1. The molecule has 2 aromatic rings. The molecule has 0 heterocycles. The third-order valence-corrected chi connectivity index (χ3v) is 3.83. The van der Waals surface area contributed by atoms with Crippen molar-refractivity contribution in [3.05, 3.63) is 71.5 Å². The van der Waals surface area contributed by atoms with E-state index in [4.69, 9.17) is 4.74 Å². The maximum Gasteiger partial charge on any atom is 0.129 e. The molecule has 0 amide bonds. The molecule has 0 saturated carbocycles. The van der Waals surface area contributed by atoms with Crippen LogP contribution in [-0.2, 0) is 4.74 Å². The second kappa shape index (κ2) is 7.01. The average molecular weight is 370 g/mol. The van der Waals surface area contributed by atoms with Gasteiger partial charge in [0, 0.05) is 9.99 Å². The zero-order valence-electron chi connectivity index (χ0n) is 10.7. The van der Waals surface area contributed by atoms with Gasteiger partial charge >= 0.3 is 0 Å². The summed E-state index contributed by atoms with van der Waals surface area (Å²) in [6, 6.07) is 16.8. The molecule has 0 bridgehead atoms. The molecular formula is C16H16FIO. The molecular weight excluding hydrogens is 354 g/mol. The second-order valence-corrected chi connectivity index (χ2v) is 5.23. The van der Waals surface area contributed by atoms with E-state index in [1.165, 1.54) is 6.07 Å². The summed E-state index contributed by atoms with van der Waals surface area (Å²) in [5.41, 5.74) is 1.73. The Labute approximate surface area is 126 Å². The lowest BCUT2D eigenvalue weighted by atomic mass is 10.1. The van der Waals surface area contributed by atoms with Crippen molar-refractivity contribution in [1.29, 1.82) is 0 Å². The molecule has 2 unspecified atom stereocenters. The number of halogens is 2. The Balaban J connectivity index is 2.14. The summed E-state index contributed by atoms with van der Waals surface area (Å²) >= 11 is 2.23. The molecule has 0 spiro atoms. The van der Waals surface area contributed by atoms with Crippen molar-refractivity contribution < 1.29 is 9.13 Å². The van der Waals surface area contributed by atoms with Gasteiger partial charge in [-0.2, -0.15) is 0 Å². The average Bonchev–Trinajstić information content (AvgIpc) is 2.46. The highest BCUT2D eigenvalue weighted by Crippen LogP contribution is 2.29. The van der Waals surface area contributed by atoms with Crippen LogP contribution < -0.4 is 0 Å². The Morgan fingerprint density at radius 2 is 1.68 bits per heavy atom. The predicted molar refractivity (Wildman–Crippen MR) is 84.0 cm³/mol. The molecule has 0 saturated heterocycles. The summed E-state index contributed by atoms with van der Waals surface area (Å²) in [7, 11) is 0. The molecule has 0 fully saturated rings. The Morgan fingerprint density at radius 1 is 1.05 bits per heavy atom. The van der Waals surface area contributed by atoms with Crippen molar-refractivity contribution in [2.24, 2.45) is 0 Å². The number of hydrogen-bond acceptors (Lipinski definition) is 1. The summed E-state index contributed by atoms with van der Waals surface area (Å²) in [5, 5.41) is 0. The van der Waals surface area contributed by atoms with Gasteiger partial charge < -0.3 is 4.74 Å². The molecule has 1 nitrogen and oxygen atoms in total. The van der Waals surface area contributed by atoms with Gasteiger partial charge in [0.1, 0.15) is 5.82 Å². The van der Waals surface area contributed by atoms with Crippen LogP contribution in [-0.4, -0.2) is 4.43 Å². The monoisotopic (exact) mass is 370 g/mol. The highest BCUT2D eigenvalue weighted by molar-refractivity contribution is 14.1. The van der Waals surface area contributed by atoms with E-state index in [1.54, 1.807) is 12.1 Å². The van der Waals surface area contributed by atoms with Gasteiger partial charge in [-0.25, -0.2) is 4.39 Å². The van der Waals surface area contributed by atoms with E-state index in [1.807, 2.05) is 43.3 Å². The summed E-state index contributed by atoms with van der Waals surface area (Å²) in [5.74, 6) is -0.204. The fraction of sp³-hybridized carbons (Fsp3) is 0.250. The maximum absolute atomic E-state index is 13.8. The van der Waals surface area contributed by atoms with Gasteiger partial charge in [-0.3, -0.25) is 0 Å². The summed E-state index contributed by atoms with van der Waals surface area (Å²) in [6.45, 7) is 2.00. The molecule has 0 radical (unpaired) electrons. The molecule has 0 aromatic heterocycles. The zero-order valence-corrected chi connectivity index (χ0v) is 12.9. The van der Waals surface area contributed by atoms with Crippen LogP contribution in [0.5, 0.6) is 0 Å². The van der Waals surface area contributed by atoms with Crippen LogP contribution in [0.15, 0.2) is 54.6 Å². The molecule has 19 heavy (non-hydrogen) atoms. The lowest BCUT2D eigenvalue weighted by molar-refractivity contribution is 0.00849. The lowest BCUT2D eigenvalue weighted by Crippen LogP contribution is -2.11. The van der Waals surface area contributed by atoms with E-state index in [0.29, 0.717) is 5.56 Å². The number of hydrogen-bond donors (Lipinski definition) is 0. The summed E-state index contributed by atoms with van der Waals surface area (Å²) < 4.78 is 20.5. The number of benzene rings is 2. The molecule has 2 atom stereocenters. The van der Waals surface area contributed by atoms with Crippen LogP contribution in [0.25, 0.3) is 0 Å². The van der Waals surface area contributed by atoms with Crippen LogP contribution >= 0.6 is 22.6 Å². The molecule has 0 aliphatic carbocycles. The van der Waals surface area contributed by atoms with E-state index >= 15 is 0 Å². The third kappa shape index (κ3) is 3.76. The van der Waals surface area contributed by atoms with Gasteiger partial charge in [0.25, 0.3) is 0 Å².